The highest BCUT2D eigenvalue weighted by Gasteiger charge is 2.49. The van der Waals surface area contributed by atoms with Gasteiger partial charge in [-0.25, -0.2) is 0 Å². The van der Waals surface area contributed by atoms with Crippen molar-refractivity contribution in [3.63, 3.8) is 0 Å². The molecule has 2 heteroatoms. The third kappa shape index (κ3) is 5.15. The van der Waals surface area contributed by atoms with E-state index in [2.05, 4.69) is 222 Å². The van der Waals surface area contributed by atoms with Crippen molar-refractivity contribution in [2.45, 2.75) is 57.8 Å². The van der Waals surface area contributed by atoms with Gasteiger partial charge in [-0.05, 0) is 126 Å². The van der Waals surface area contributed by atoms with Gasteiger partial charge in [0.1, 0.15) is 11.2 Å². The van der Waals surface area contributed by atoms with Gasteiger partial charge in [-0.2, -0.15) is 0 Å². The molecule has 0 aliphatic heterocycles. The topological polar surface area (TPSA) is 16.4 Å². The summed E-state index contributed by atoms with van der Waals surface area (Å²) in [5.74, 6) is 0. The first-order valence-corrected chi connectivity index (χ1v) is 21.7. The van der Waals surface area contributed by atoms with E-state index in [4.69, 9.17) is 4.42 Å². The minimum absolute atomic E-state index is 0.0186. The van der Waals surface area contributed by atoms with E-state index in [1.807, 2.05) is 0 Å². The summed E-state index contributed by atoms with van der Waals surface area (Å²) in [5.41, 5.74) is 21.2. The Kier molecular flexibility index (Phi) is 7.41. The number of fused-ring (bicyclic) bond motifs is 11. The van der Waals surface area contributed by atoms with E-state index in [1.54, 1.807) is 0 Å². The number of rotatable bonds is 5. The largest absolute Gasteiger partial charge is 0.456 e. The highest BCUT2D eigenvalue weighted by molar-refractivity contribution is 6.10. The highest BCUT2D eigenvalue weighted by Crippen LogP contribution is 2.62. The average Bonchev–Trinajstić information content (AvgIpc) is 3.91. The summed E-state index contributed by atoms with van der Waals surface area (Å²) in [6.45, 7) is 14.3. The Labute approximate surface area is 358 Å². The third-order valence-electron chi connectivity index (χ3n) is 14.4. The molecule has 1 aromatic heterocycles. The second kappa shape index (κ2) is 12.6. The fourth-order valence-electron chi connectivity index (χ4n) is 11.3. The van der Waals surface area contributed by atoms with Crippen molar-refractivity contribution >= 4 is 73.1 Å². The first-order valence-electron chi connectivity index (χ1n) is 21.7. The van der Waals surface area contributed by atoms with Crippen LogP contribution in [0.4, 0.5) is 17.1 Å². The van der Waals surface area contributed by atoms with E-state index in [0.29, 0.717) is 0 Å². The number of anilines is 3. The van der Waals surface area contributed by atoms with Crippen LogP contribution in [-0.2, 0) is 16.2 Å². The molecule has 294 valence electrons. The third-order valence-corrected chi connectivity index (χ3v) is 14.4. The van der Waals surface area contributed by atoms with Gasteiger partial charge in [-0.3, -0.25) is 0 Å². The van der Waals surface area contributed by atoms with Crippen molar-refractivity contribution < 1.29 is 4.42 Å². The zero-order valence-electron chi connectivity index (χ0n) is 35.6. The standard InChI is InChI=1S/C59H47NO/c1-57(2)49-17-11-9-15-43(49)44-29-25-41(34-52(44)57)60(40-24-23-38-13-7-8-14-39(38)33-40)42-26-30-46-45-27-21-37(32-53(45)61-54(46)35-42)20-19-36-22-28-48-51(31-36)59(5,6)55-47-16-10-12-18-50(47)58(3,4)56(48)55/h7-35H,1-6H3. The minimum Gasteiger partial charge on any atom is -0.456 e. The van der Waals surface area contributed by atoms with Gasteiger partial charge in [0.25, 0.3) is 0 Å². The molecule has 1 heterocycles. The average molecular weight is 786 g/mol. The van der Waals surface area contributed by atoms with Gasteiger partial charge in [0.15, 0.2) is 0 Å². The first-order chi connectivity index (χ1) is 29.5. The maximum Gasteiger partial charge on any atom is 0.137 e. The quantitative estimate of drug-likeness (QED) is 0.162. The molecule has 2 nitrogen and oxygen atoms in total. The number of nitrogens with zero attached hydrogens (tertiary/aromatic N) is 1. The van der Waals surface area contributed by atoms with Crippen LogP contribution in [0.15, 0.2) is 168 Å². The molecule has 0 radical (unpaired) electrons. The number of furan rings is 1. The molecule has 0 unspecified atom stereocenters. The molecule has 8 aromatic carbocycles. The number of benzene rings is 8. The van der Waals surface area contributed by atoms with Crippen LogP contribution in [0.2, 0.25) is 0 Å². The van der Waals surface area contributed by atoms with Crippen molar-refractivity contribution in [1.82, 2.24) is 0 Å². The fraction of sp³-hybridized carbons (Fsp3) is 0.153. The van der Waals surface area contributed by atoms with Crippen LogP contribution >= 0.6 is 0 Å². The molecule has 3 aliphatic carbocycles. The predicted octanol–water partition coefficient (Wildman–Crippen LogP) is 16.2. The Morgan fingerprint density at radius 3 is 1.66 bits per heavy atom. The Morgan fingerprint density at radius 1 is 0.377 bits per heavy atom. The highest BCUT2D eigenvalue weighted by atomic mass is 16.3. The molecule has 0 bridgehead atoms. The van der Waals surface area contributed by atoms with Crippen molar-refractivity contribution in [3.05, 3.63) is 208 Å². The Morgan fingerprint density at radius 2 is 0.869 bits per heavy atom. The van der Waals surface area contributed by atoms with Crippen LogP contribution in [0.3, 0.4) is 0 Å². The minimum atomic E-state index is -0.107. The van der Waals surface area contributed by atoms with E-state index in [9.17, 15) is 0 Å². The van der Waals surface area contributed by atoms with E-state index in [1.165, 1.54) is 72.0 Å². The summed E-state index contributed by atoms with van der Waals surface area (Å²) in [5, 5.41) is 4.67. The van der Waals surface area contributed by atoms with Crippen LogP contribution in [0.1, 0.15) is 86.1 Å². The summed E-state index contributed by atoms with van der Waals surface area (Å²) in [4.78, 5) is 2.38. The summed E-state index contributed by atoms with van der Waals surface area (Å²) in [7, 11) is 0. The van der Waals surface area contributed by atoms with Crippen LogP contribution in [-0.4, -0.2) is 0 Å². The molecular formula is C59H47NO. The van der Waals surface area contributed by atoms with Crippen LogP contribution in [0.25, 0.3) is 67.1 Å². The van der Waals surface area contributed by atoms with Gasteiger partial charge in [0.2, 0.25) is 0 Å². The summed E-state index contributed by atoms with van der Waals surface area (Å²) in [6, 6.07) is 60.5. The summed E-state index contributed by atoms with van der Waals surface area (Å²) < 4.78 is 6.74. The smallest absolute Gasteiger partial charge is 0.137 e. The molecule has 0 amide bonds. The SMILES string of the molecule is CC1(C)C2=C(c3ccccc31)C(C)(C)c1cc(C=Cc3ccc4c(c3)oc3cc(N(c5ccc6c(c5)C(C)(C)c5ccccc5-6)c5ccc6ccccc6c5)ccc34)ccc12. The molecular weight excluding hydrogens is 739 g/mol. The Hall–Kier alpha value is -6.90. The normalized spacial score (nSPS) is 16.3. The molecule has 0 fully saturated rings. The molecule has 61 heavy (non-hydrogen) atoms. The summed E-state index contributed by atoms with van der Waals surface area (Å²) in [6.07, 6.45) is 4.47. The molecule has 0 atom stereocenters. The maximum absolute atomic E-state index is 6.74. The number of hydrogen-bond acceptors (Lipinski definition) is 2. The molecule has 0 saturated carbocycles. The van der Waals surface area contributed by atoms with Gasteiger partial charge < -0.3 is 9.32 Å². The lowest BCUT2D eigenvalue weighted by Gasteiger charge is -2.28. The zero-order chi connectivity index (χ0) is 41.4. The fourth-order valence-corrected chi connectivity index (χ4v) is 11.3. The number of allylic oxidation sites excluding steroid dienone is 2. The van der Waals surface area contributed by atoms with E-state index in [-0.39, 0.29) is 16.2 Å². The molecule has 0 saturated heterocycles. The second-order valence-electron chi connectivity index (χ2n) is 19.0. The van der Waals surface area contributed by atoms with Crippen molar-refractivity contribution in [2.24, 2.45) is 0 Å². The lowest BCUT2D eigenvalue weighted by Crippen LogP contribution is -2.19. The van der Waals surface area contributed by atoms with E-state index >= 15 is 0 Å². The van der Waals surface area contributed by atoms with Gasteiger partial charge >= 0.3 is 0 Å². The van der Waals surface area contributed by atoms with Gasteiger partial charge in [0.05, 0.1) is 0 Å². The number of hydrogen-bond donors (Lipinski definition) is 0. The van der Waals surface area contributed by atoms with E-state index < -0.39 is 0 Å². The van der Waals surface area contributed by atoms with Crippen LogP contribution in [0, 0.1) is 0 Å². The molecule has 0 N–H and O–H groups in total. The Balaban J connectivity index is 0.902. The van der Waals surface area contributed by atoms with Crippen LogP contribution in [0.5, 0.6) is 0 Å². The van der Waals surface area contributed by atoms with Crippen molar-refractivity contribution in [1.29, 1.82) is 0 Å². The first kappa shape index (κ1) is 36.0. The van der Waals surface area contributed by atoms with Crippen molar-refractivity contribution in [2.75, 3.05) is 4.90 Å². The zero-order valence-corrected chi connectivity index (χ0v) is 35.6. The lowest BCUT2D eigenvalue weighted by molar-refractivity contribution is 0.660. The predicted molar refractivity (Wildman–Crippen MR) is 258 cm³/mol. The molecule has 3 aliphatic rings. The van der Waals surface area contributed by atoms with Gasteiger partial charge in [-0.15, -0.1) is 0 Å². The van der Waals surface area contributed by atoms with Crippen molar-refractivity contribution in [3.8, 4) is 11.1 Å². The monoisotopic (exact) mass is 785 g/mol. The molecule has 12 rings (SSSR count). The van der Waals surface area contributed by atoms with Gasteiger partial charge in [-0.1, -0.05) is 163 Å². The van der Waals surface area contributed by atoms with E-state index in [0.717, 1.165) is 44.6 Å². The molecule has 9 aromatic rings. The Bertz CT molecular complexity index is 3400. The van der Waals surface area contributed by atoms with Crippen LogP contribution < -0.4 is 4.90 Å². The molecule has 0 spiro atoms. The lowest BCUT2D eigenvalue weighted by atomic mass is 9.75. The van der Waals surface area contributed by atoms with Gasteiger partial charge in [0, 0.05) is 50.1 Å². The second-order valence-corrected chi connectivity index (χ2v) is 19.0. The maximum atomic E-state index is 6.74. The summed E-state index contributed by atoms with van der Waals surface area (Å²) >= 11 is 0.